The number of hydrogen-bond acceptors (Lipinski definition) is 1. The van der Waals surface area contributed by atoms with Crippen LogP contribution in [0.2, 0.25) is 0 Å². The summed E-state index contributed by atoms with van der Waals surface area (Å²) in [7, 11) is 0. The summed E-state index contributed by atoms with van der Waals surface area (Å²) in [6, 6.07) is 14.2. The SMILES string of the molecule is O=C(O)C1=C2C=c3ccccc3=Cc3cccc(c32)C1. The molecular weight excluding hydrogens is 248 g/mol. The van der Waals surface area contributed by atoms with Crippen molar-refractivity contribution in [1.29, 1.82) is 0 Å². The van der Waals surface area contributed by atoms with Crippen molar-refractivity contribution in [3.8, 4) is 0 Å². The molecule has 0 spiro atoms. The van der Waals surface area contributed by atoms with Crippen molar-refractivity contribution >= 4 is 23.7 Å². The van der Waals surface area contributed by atoms with E-state index in [2.05, 4.69) is 18.2 Å². The lowest BCUT2D eigenvalue weighted by Gasteiger charge is -2.04. The lowest BCUT2D eigenvalue weighted by atomic mass is 9.99. The number of fused-ring (bicyclic) bond motifs is 1. The number of benzene rings is 2. The van der Waals surface area contributed by atoms with Gasteiger partial charge in [0.2, 0.25) is 0 Å². The Morgan fingerprint density at radius 2 is 1.70 bits per heavy atom. The minimum Gasteiger partial charge on any atom is -0.478 e. The third kappa shape index (κ3) is 1.48. The Labute approximate surface area is 116 Å². The lowest BCUT2D eigenvalue weighted by molar-refractivity contribution is -0.132. The molecule has 0 aliphatic heterocycles. The highest BCUT2D eigenvalue weighted by Crippen LogP contribution is 2.37. The summed E-state index contributed by atoms with van der Waals surface area (Å²) in [6.45, 7) is 0. The van der Waals surface area contributed by atoms with Crippen molar-refractivity contribution in [2.45, 2.75) is 6.42 Å². The Balaban J connectivity index is 2.19. The molecule has 0 atom stereocenters. The fourth-order valence-corrected chi connectivity index (χ4v) is 3.10. The van der Waals surface area contributed by atoms with Crippen LogP contribution in [-0.4, -0.2) is 11.1 Å². The van der Waals surface area contributed by atoms with E-state index in [1.54, 1.807) is 0 Å². The maximum atomic E-state index is 11.5. The first kappa shape index (κ1) is 11.2. The van der Waals surface area contributed by atoms with Crippen molar-refractivity contribution in [3.63, 3.8) is 0 Å². The van der Waals surface area contributed by atoms with E-state index in [4.69, 9.17) is 0 Å². The lowest BCUT2D eigenvalue weighted by Crippen LogP contribution is -2.23. The summed E-state index contributed by atoms with van der Waals surface area (Å²) < 4.78 is 0. The van der Waals surface area contributed by atoms with Crippen LogP contribution in [0.4, 0.5) is 0 Å². The zero-order valence-electron chi connectivity index (χ0n) is 10.8. The molecule has 0 heterocycles. The van der Waals surface area contributed by atoms with Gasteiger partial charge in [-0.25, -0.2) is 4.79 Å². The van der Waals surface area contributed by atoms with Crippen molar-refractivity contribution in [2.24, 2.45) is 0 Å². The number of hydrogen-bond donors (Lipinski definition) is 1. The van der Waals surface area contributed by atoms with Crippen LogP contribution in [0.1, 0.15) is 16.7 Å². The topological polar surface area (TPSA) is 37.3 Å². The number of aliphatic carboxylic acids is 1. The molecule has 2 aliphatic carbocycles. The Bertz CT molecular complexity index is 901. The third-order valence-corrected chi connectivity index (χ3v) is 4.01. The number of carboxylic acid groups (broad SMARTS) is 1. The molecule has 0 aromatic heterocycles. The van der Waals surface area contributed by atoms with Gasteiger partial charge in [0.25, 0.3) is 0 Å². The first-order valence-electron chi connectivity index (χ1n) is 6.61. The van der Waals surface area contributed by atoms with Crippen LogP contribution in [-0.2, 0) is 11.2 Å². The minimum atomic E-state index is -0.821. The molecule has 2 heteroatoms. The fourth-order valence-electron chi connectivity index (χ4n) is 3.10. The largest absolute Gasteiger partial charge is 0.478 e. The van der Waals surface area contributed by atoms with Crippen LogP contribution in [0.25, 0.3) is 17.7 Å². The molecule has 0 bridgehead atoms. The molecule has 2 aromatic carbocycles. The second kappa shape index (κ2) is 3.94. The van der Waals surface area contributed by atoms with Gasteiger partial charge in [-0.15, -0.1) is 0 Å². The Morgan fingerprint density at radius 3 is 2.45 bits per heavy atom. The maximum Gasteiger partial charge on any atom is 0.332 e. The van der Waals surface area contributed by atoms with Crippen LogP contribution in [0.3, 0.4) is 0 Å². The predicted molar refractivity (Wildman–Crippen MR) is 78.4 cm³/mol. The van der Waals surface area contributed by atoms with Crippen LogP contribution in [0.15, 0.2) is 48.0 Å². The summed E-state index contributed by atoms with van der Waals surface area (Å²) in [4.78, 5) is 11.5. The zero-order valence-corrected chi connectivity index (χ0v) is 10.8. The van der Waals surface area contributed by atoms with Gasteiger partial charge in [-0.3, -0.25) is 0 Å². The summed E-state index contributed by atoms with van der Waals surface area (Å²) in [5, 5.41) is 11.7. The van der Waals surface area contributed by atoms with Gasteiger partial charge in [0.15, 0.2) is 0 Å². The second-order valence-electron chi connectivity index (χ2n) is 5.17. The van der Waals surface area contributed by atoms with Crippen molar-refractivity contribution < 1.29 is 9.90 Å². The molecule has 2 nitrogen and oxygen atoms in total. The van der Waals surface area contributed by atoms with Gasteiger partial charge < -0.3 is 5.11 Å². The van der Waals surface area contributed by atoms with Crippen LogP contribution in [0.5, 0.6) is 0 Å². The Hall–Kier alpha value is -2.61. The maximum absolute atomic E-state index is 11.5. The molecule has 0 saturated carbocycles. The van der Waals surface area contributed by atoms with Gasteiger partial charge in [-0.1, -0.05) is 42.5 Å². The predicted octanol–water partition coefficient (Wildman–Crippen LogP) is 1.70. The zero-order chi connectivity index (χ0) is 13.7. The highest BCUT2D eigenvalue weighted by Gasteiger charge is 2.26. The molecule has 0 fully saturated rings. The van der Waals surface area contributed by atoms with Crippen LogP contribution < -0.4 is 10.4 Å². The highest BCUT2D eigenvalue weighted by atomic mass is 16.4. The van der Waals surface area contributed by atoms with Gasteiger partial charge in [0, 0.05) is 12.0 Å². The van der Waals surface area contributed by atoms with E-state index in [1.807, 2.05) is 36.4 Å². The van der Waals surface area contributed by atoms with Gasteiger partial charge >= 0.3 is 5.97 Å². The minimum absolute atomic E-state index is 0.498. The van der Waals surface area contributed by atoms with Gasteiger partial charge in [0.1, 0.15) is 0 Å². The molecule has 4 rings (SSSR count). The van der Waals surface area contributed by atoms with E-state index in [1.165, 1.54) is 0 Å². The molecule has 2 aliphatic rings. The quantitative estimate of drug-likeness (QED) is 0.847. The smallest absolute Gasteiger partial charge is 0.332 e. The van der Waals surface area contributed by atoms with E-state index in [9.17, 15) is 9.90 Å². The van der Waals surface area contributed by atoms with Gasteiger partial charge in [0.05, 0.1) is 0 Å². The molecule has 0 radical (unpaired) electrons. The van der Waals surface area contributed by atoms with E-state index in [0.717, 1.165) is 32.7 Å². The number of carboxylic acids is 1. The highest BCUT2D eigenvalue weighted by molar-refractivity contribution is 6.09. The molecule has 2 aromatic rings. The average Bonchev–Trinajstić information content (AvgIpc) is 2.72. The monoisotopic (exact) mass is 260 g/mol. The van der Waals surface area contributed by atoms with Crippen molar-refractivity contribution in [3.05, 3.63) is 75.2 Å². The van der Waals surface area contributed by atoms with E-state index >= 15 is 0 Å². The summed E-state index contributed by atoms with van der Waals surface area (Å²) in [5.41, 5.74) is 4.66. The van der Waals surface area contributed by atoms with Crippen molar-refractivity contribution in [2.75, 3.05) is 0 Å². The van der Waals surface area contributed by atoms with Crippen LogP contribution >= 0.6 is 0 Å². The molecular formula is C18H12O2. The van der Waals surface area contributed by atoms with Gasteiger partial charge in [-0.2, -0.15) is 0 Å². The summed E-state index contributed by atoms with van der Waals surface area (Å²) in [5.74, 6) is -0.821. The standard InChI is InChI=1S/C18H12O2/c19-18(20)16-10-14-7-3-6-13-8-11-4-1-2-5-12(11)9-15(16)17(13)14/h1-9H,10H2,(H,19,20). The van der Waals surface area contributed by atoms with E-state index in [0.29, 0.717) is 12.0 Å². The fraction of sp³-hybridized carbons (Fsp3) is 0.0556. The molecule has 1 N–H and O–H groups in total. The summed E-state index contributed by atoms with van der Waals surface area (Å²) in [6.07, 6.45) is 4.67. The van der Waals surface area contributed by atoms with E-state index in [-0.39, 0.29) is 0 Å². The second-order valence-corrected chi connectivity index (χ2v) is 5.17. The van der Waals surface area contributed by atoms with Crippen LogP contribution in [0, 0.1) is 0 Å². The Morgan fingerprint density at radius 1 is 0.950 bits per heavy atom. The molecule has 96 valence electrons. The Kier molecular flexibility index (Phi) is 2.21. The molecule has 0 unspecified atom stereocenters. The first-order valence-corrected chi connectivity index (χ1v) is 6.61. The van der Waals surface area contributed by atoms with Crippen molar-refractivity contribution in [1.82, 2.24) is 0 Å². The normalized spacial score (nSPS) is 14.8. The number of allylic oxidation sites excluding steroid dienone is 1. The number of rotatable bonds is 1. The first-order chi connectivity index (χ1) is 9.74. The molecule has 20 heavy (non-hydrogen) atoms. The van der Waals surface area contributed by atoms with E-state index < -0.39 is 5.97 Å². The third-order valence-electron chi connectivity index (χ3n) is 4.01. The van der Waals surface area contributed by atoms with Gasteiger partial charge in [-0.05, 0) is 44.9 Å². The average molecular weight is 260 g/mol. The molecule has 0 amide bonds. The number of carbonyl (C=O) groups is 1. The molecule has 0 saturated heterocycles. The summed E-state index contributed by atoms with van der Waals surface area (Å²) >= 11 is 0.